The van der Waals surface area contributed by atoms with E-state index in [0.29, 0.717) is 6.29 Å². The van der Waals surface area contributed by atoms with Crippen molar-refractivity contribution in [1.82, 2.24) is 20.3 Å². The van der Waals surface area contributed by atoms with Crippen LogP contribution in [0.15, 0.2) is 6.20 Å². The van der Waals surface area contributed by atoms with Gasteiger partial charge in [-0.15, -0.1) is 5.10 Å². The molecule has 1 rings (SSSR count). The second-order valence-electron chi connectivity index (χ2n) is 3.58. The van der Waals surface area contributed by atoms with Crippen molar-refractivity contribution in [2.75, 3.05) is 0 Å². The minimum Gasteiger partial charge on any atom is -0.352 e. The van der Waals surface area contributed by atoms with Crippen molar-refractivity contribution in [2.24, 2.45) is 0 Å². The van der Waals surface area contributed by atoms with E-state index in [1.807, 2.05) is 13.8 Å². The number of amides is 1. The third-order valence-electron chi connectivity index (χ3n) is 1.86. The number of carbonyl (C=O) groups excluding carboxylic acids is 2. The van der Waals surface area contributed by atoms with Gasteiger partial charge in [-0.25, -0.2) is 4.68 Å². The zero-order valence-electron chi connectivity index (χ0n) is 8.97. The molecule has 0 fully saturated rings. The highest BCUT2D eigenvalue weighted by molar-refractivity contribution is 5.80. The molecule has 1 heterocycles. The van der Waals surface area contributed by atoms with Crippen molar-refractivity contribution in [3.05, 3.63) is 11.9 Å². The van der Waals surface area contributed by atoms with Gasteiger partial charge in [-0.3, -0.25) is 9.59 Å². The largest absolute Gasteiger partial charge is 0.352 e. The van der Waals surface area contributed by atoms with Crippen molar-refractivity contribution in [3.63, 3.8) is 0 Å². The van der Waals surface area contributed by atoms with Gasteiger partial charge in [-0.05, 0) is 20.8 Å². The van der Waals surface area contributed by atoms with E-state index < -0.39 is 6.04 Å². The maximum absolute atomic E-state index is 11.6. The summed E-state index contributed by atoms with van der Waals surface area (Å²) in [7, 11) is 0. The van der Waals surface area contributed by atoms with Crippen LogP contribution in [0.1, 0.15) is 37.3 Å². The summed E-state index contributed by atoms with van der Waals surface area (Å²) in [5, 5.41) is 10.0. The van der Waals surface area contributed by atoms with E-state index >= 15 is 0 Å². The SMILES string of the molecule is CC(C)NC(=O)C(C)n1cc(C=O)nn1. The monoisotopic (exact) mass is 210 g/mol. The lowest BCUT2D eigenvalue weighted by Gasteiger charge is -2.13. The maximum Gasteiger partial charge on any atom is 0.244 e. The summed E-state index contributed by atoms with van der Waals surface area (Å²) in [6.07, 6.45) is 2.04. The van der Waals surface area contributed by atoms with Crippen LogP contribution in [0.25, 0.3) is 0 Å². The number of carbonyl (C=O) groups is 2. The molecule has 1 atom stereocenters. The highest BCUT2D eigenvalue weighted by atomic mass is 16.2. The minimum atomic E-state index is -0.464. The van der Waals surface area contributed by atoms with Crippen LogP contribution in [0.2, 0.25) is 0 Å². The molecule has 6 heteroatoms. The van der Waals surface area contributed by atoms with Crippen LogP contribution < -0.4 is 5.32 Å². The molecule has 0 aliphatic carbocycles. The molecule has 0 aliphatic rings. The number of hydrogen-bond donors (Lipinski definition) is 1. The molecular formula is C9H14N4O2. The third-order valence-corrected chi connectivity index (χ3v) is 1.86. The highest BCUT2D eigenvalue weighted by Gasteiger charge is 2.16. The number of nitrogens with zero attached hydrogens (tertiary/aromatic N) is 3. The fourth-order valence-corrected chi connectivity index (χ4v) is 1.06. The first-order valence-electron chi connectivity index (χ1n) is 4.72. The van der Waals surface area contributed by atoms with Crippen LogP contribution in [0.4, 0.5) is 0 Å². The van der Waals surface area contributed by atoms with Gasteiger partial charge in [0.1, 0.15) is 11.7 Å². The van der Waals surface area contributed by atoms with E-state index in [-0.39, 0.29) is 17.6 Å². The number of nitrogens with one attached hydrogen (secondary N) is 1. The molecule has 0 saturated carbocycles. The Kier molecular flexibility index (Phi) is 3.54. The lowest BCUT2D eigenvalue weighted by Crippen LogP contribution is -2.35. The summed E-state index contributed by atoms with van der Waals surface area (Å²) in [6.45, 7) is 5.45. The molecular weight excluding hydrogens is 196 g/mol. The number of aromatic nitrogens is 3. The van der Waals surface area contributed by atoms with Crippen LogP contribution in [-0.4, -0.2) is 33.2 Å². The highest BCUT2D eigenvalue weighted by Crippen LogP contribution is 2.04. The van der Waals surface area contributed by atoms with Gasteiger partial charge in [0, 0.05) is 6.04 Å². The predicted octanol–water partition coefficient (Wildman–Crippen LogP) is 0.176. The Labute approximate surface area is 87.7 Å². The summed E-state index contributed by atoms with van der Waals surface area (Å²) < 4.78 is 1.36. The molecule has 0 radical (unpaired) electrons. The Morgan fingerprint density at radius 3 is 2.67 bits per heavy atom. The molecule has 6 nitrogen and oxygen atoms in total. The van der Waals surface area contributed by atoms with E-state index in [9.17, 15) is 9.59 Å². The van der Waals surface area contributed by atoms with Gasteiger partial charge in [0.15, 0.2) is 6.29 Å². The molecule has 1 aromatic rings. The summed E-state index contributed by atoms with van der Waals surface area (Å²) in [6, 6.07) is -0.386. The first-order chi connectivity index (χ1) is 7.04. The number of hydrogen-bond acceptors (Lipinski definition) is 4. The van der Waals surface area contributed by atoms with Gasteiger partial charge >= 0.3 is 0 Å². The van der Waals surface area contributed by atoms with Crippen molar-refractivity contribution in [1.29, 1.82) is 0 Å². The molecule has 1 unspecified atom stereocenters. The predicted molar refractivity (Wildman–Crippen MR) is 53.4 cm³/mol. The molecule has 0 aromatic carbocycles. The quantitative estimate of drug-likeness (QED) is 0.719. The smallest absolute Gasteiger partial charge is 0.244 e. The average Bonchev–Trinajstić information content (AvgIpc) is 2.63. The summed E-state index contributed by atoms with van der Waals surface area (Å²) in [5.41, 5.74) is 0.221. The first kappa shape index (κ1) is 11.4. The van der Waals surface area contributed by atoms with Gasteiger partial charge < -0.3 is 5.32 Å². The van der Waals surface area contributed by atoms with Gasteiger partial charge in [0.2, 0.25) is 5.91 Å². The molecule has 1 N–H and O–H groups in total. The molecule has 15 heavy (non-hydrogen) atoms. The Hall–Kier alpha value is -1.72. The Morgan fingerprint density at radius 2 is 2.20 bits per heavy atom. The summed E-state index contributed by atoms with van der Waals surface area (Å²) in [4.78, 5) is 21.9. The standard InChI is InChI=1S/C9H14N4O2/c1-6(2)10-9(15)7(3)13-4-8(5-14)11-12-13/h4-7H,1-3H3,(H,10,15). The van der Waals surface area contributed by atoms with Crippen molar-refractivity contribution < 1.29 is 9.59 Å². The second-order valence-corrected chi connectivity index (χ2v) is 3.58. The molecule has 0 bridgehead atoms. The zero-order valence-corrected chi connectivity index (χ0v) is 8.97. The van der Waals surface area contributed by atoms with Gasteiger partial charge in [-0.1, -0.05) is 5.21 Å². The fraction of sp³-hybridized carbons (Fsp3) is 0.556. The first-order valence-corrected chi connectivity index (χ1v) is 4.72. The van der Waals surface area contributed by atoms with Gasteiger partial charge in [0.25, 0.3) is 0 Å². The summed E-state index contributed by atoms with van der Waals surface area (Å²) in [5.74, 6) is -0.146. The third kappa shape index (κ3) is 2.87. The van der Waals surface area contributed by atoms with E-state index in [1.54, 1.807) is 6.92 Å². The van der Waals surface area contributed by atoms with Gasteiger partial charge in [0.05, 0.1) is 6.20 Å². The lowest BCUT2D eigenvalue weighted by molar-refractivity contribution is -0.124. The molecule has 0 spiro atoms. The van der Waals surface area contributed by atoms with E-state index in [0.717, 1.165) is 0 Å². The van der Waals surface area contributed by atoms with Crippen molar-refractivity contribution >= 4 is 12.2 Å². The Balaban J connectivity index is 2.71. The Morgan fingerprint density at radius 1 is 1.53 bits per heavy atom. The van der Waals surface area contributed by atoms with E-state index in [1.165, 1.54) is 10.9 Å². The van der Waals surface area contributed by atoms with Crippen LogP contribution in [0, 0.1) is 0 Å². The summed E-state index contributed by atoms with van der Waals surface area (Å²) >= 11 is 0. The van der Waals surface area contributed by atoms with Crippen molar-refractivity contribution in [2.45, 2.75) is 32.9 Å². The molecule has 1 amide bonds. The van der Waals surface area contributed by atoms with Crippen LogP contribution >= 0.6 is 0 Å². The zero-order chi connectivity index (χ0) is 11.4. The topological polar surface area (TPSA) is 76.9 Å². The van der Waals surface area contributed by atoms with E-state index in [4.69, 9.17) is 0 Å². The van der Waals surface area contributed by atoms with Crippen LogP contribution in [-0.2, 0) is 4.79 Å². The second kappa shape index (κ2) is 4.68. The number of rotatable bonds is 4. The fourth-order valence-electron chi connectivity index (χ4n) is 1.06. The van der Waals surface area contributed by atoms with Gasteiger partial charge in [-0.2, -0.15) is 0 Å². The average molecular weight is 210 g/mol. The lowest BCUT2D eigenvalue weighted by atomic mass is 10.3. The van der Waals surface area contributed by atoms with Crippen molar-refractivity contribution in [3.8, 4) is 0 Å². The van der Waals surface area contributed by atoms with Crippen LogP contribution in [0.5, 0.6) is 0 Å². The molecule has 0 aliphatic heterocycles. The minimum absolute atomic E-state index is 0.0778. The molecule has 1 aromatic heterocycles. The van der Waals surface area contributed by atoms with Crippen LogP contribution in [0.3, 0.4) is 0 Å². The number of aldehydes is 1. The maximum atomic E-state index is 11.6. The molecule has 0 saturated heterocycles. The Bertz CT molecular complexity index is 359. The molecule has 82 valence electrons. The normalized spacial score (nSPS) is 12.5. The van der Waals surface area contributed by atoms with E-state index in [2.05, 4.69) is 15.6 Å².